The van der Waals surface area contributed by atoms with Gasteiger partial charge in [0.1, 0.15) is 23.3 Å². The molecule has 0 bridgehead atoms. The number of nitrogens with one attached hydrogen (secondary N) is 1. The van der Waals surface area contributed by atoms with Crippen molar-refractivity contribution in [3.05, 3.63) is 47.4 Å². The van der Waals surface area contributed by atoms with Gasteiger partial charge in [0.15, 0.2) is 9.84 Å². The highest BCUT2D eigenvalue weighted by Gasteiger charge is 2.40. The number of sulfone groups is 1. The summed E-state index contributed by atoms with van der Waals surface area (Å²) in [6, 6.07) is 5.31. The number of esters is 1. The maximum atomic E-state index is 12.4. The van der Waals surface area contributed by atoms with E-state index in [9.17, 15) is 13.2 Å². The van der Waals surface area contributed by atoms with E-state index in [1.54, 1.807) is 24.5 Å². The van der Waals surface area contributed by atoms with Crippen molar-refractivity contribution in [3.8, 4) is 5.88 Å². The SMILES string of the molecule is C[C@@H]1c2nc(Nc3cc4c(C(C)(C)N)cnc(O[C@H]5C[C@@H](S(C)(=O)=O)C5)c4cn3)ccc2C(=O)OC1(C)C. The Labute approximate surface area is 222 Å². The predicted molar refractivity (Wildman–Crippen MR) is 144 cm³/mol. The van der Waals surface area contributed by atoms with Crippen LogP contribution in [0.15, 0.2) is 30.6 Å². The van der Waals surface area contributed by atoms with E-state index in [1.165, 1.54) is 6.26 Å². The van der Waals surface area contributed by atoms with E-state index < -0.39 is 21.0 Å². The zero-order chi connectivity index (χ0) is 27.6. The fraction of sp³-hybridized carbons (Fsp3) is 0.481. The molecule has 11 heteroatoms. The molecule has 1 aliphatic heterocycles. The third-order valence-electron chi connectivity index (χ3n) is 7.57. The minimum atomic E-state index is -3.08. The van der Waals surface area contributed by atoms with E-state index in [0.717, 1.165) is 10.9 Å². The maximum absolute atomic E-state index is 12.4. The summed E-state index contributed by atoms with van der Waals surface area (Å²) in [7, 11) is -3.08. The molecule has 0 radical (unpaired) electrons. The minimum Gasteiger partial charge on any atom is -0.474 e. The summed E-state index contributed by atoms with van der Waals surface area (Å²) in [5.41, 5.74) is 7.06. The third-order valence-corrected chi connectivity index (χ3v) is 9.17. The van der Waals surface area contributed by atoms with Gasteiger partial charge in [0.25, 0.3) is 0 Å². The average molecular weight is 540 g/mol. The van der Waals surface area contributed by atoms with Crippen LogP contribution in [0.1, 0.15) is 75.0 Å². The van der Waals surface area contributed by atoms with E-state index in [0.29, 0.717) is 47.0 Å². The first-order chi connectivity index (χ1) is 17.6. The van der Waals surface area contributed by atoms with E-state index in [4.69, 9.17) is 20.2 Å². The zero-order valence-electron chi connectivity index (χ0n) is 22.4. The zero-order valence-corrected chi connectivity index (χ0v) is 23.2. The Morgan fingerprint density at radius 3 is 2.50 bits per heavy atom. The van der Waals surface area contributed by atoms with E-state index in [-0.39, 0.29) is 23.2 Å². The predicted octanol–water partition coefficient (Wildman–Crippen LogP) is 3.97. The van der Waals surface area contributed by atoms with E-state index >= 15 is 0 Å². The van der Waals surface area contributed by atoms with E-state index in [1.807, 2.05) is 40.7 Å². The Bertz CT molecular complexity index is 1540. The lowest BCUT2D eigenvalue weighted by atomic mass is 9.84. The molecule has 1 fully saturated rings. The molecule has 3 N–H and O–H groups in total. The van der Waals surface area contributed by atoms with Gasteiger partial charge in [0.2, 0.25) is 5.88 Å². The highest BCUT2D eigenvalue weighted by Crippen LogP contribution is 2.39. The van der Waals surface area contributed by atoms with Gasteiger partial charge in [-0.3, -0.25) is 0 Å². The van der Waals surface area contributed by atoms with Gasteiger partial charge in [-0.25, -0.2) is 28.2 Å². The van der Waals surface area contributed by atoms with Gasteiger partial charge < -0.3 is 20.5 Å². The largest absolute Gasteiger partial charge is 0.474 e. The summed E-state index contributed by atoms with van der Waals surface area (Å²) in [5.74, 6) is 1.01. The molecule has 38 heavy (non-hydrogen) atoms. The minimum absolute atomic E-state index is 0.0919. The van der Waals surface area contributed by atoms with Gasteiger partial charge in [-0.15, -0.1) is 0 Å². The molecular weight excluding hydrogens is 506 g/mol. The van der Waals surface area contributed by atoms with Crippen LogP contribution < -0.4 is 15.8 Å². The number of aromatic nitrogens is 3. The molecule has 10 nitrogen and oxygen atoms in total. The molecule has 3 aromatic rings. The van der Waals surface area contributed by atoms with Crippen molar-refractivity contribution >= 4 is 38.2 Å². The first kappa shape index (κ1) is 26.3. The number of ether oxygens (including phenoxy) is 2. The van der Waals surface area contributed by atoms with Crippen LogP contribution in [0, 0.1) is 0 Å². The lowest BCUT2D eigenvalue weighted by Gasteiger charge is -2.36. The number of hydrogen-bond donors (Lipinski definition) is 2. The second-order valence-corrected chi connectivity index (χ2v) is 13.8. The van der Waals surface area contributed by atoms with Crippen LogP contribution in [0.3, 0.4) is 0 Å². The number of hydrogen-bond acceptors (Lipinski definition) is 10. The number of anilines is 2. The van der Waals surface area contributed by atoms with Crippen LogP contribution in [0.25, 0.3) is 10.8 Å². The monoisotopic (exact) mass is 539 g/mol. The number of cyclic esters (lactones) is 1. The van der Waals surface area contributed by atoms with Crippen molar-refractivity contribution in [2.45, 2.75) is 75.9 Å². The Balaban J connectivity index is 1.47. The number of rotatable bonds is 6. The molecule has 0 saturated heterocycles. The van der Waals surface area contributed by atoms with Crippen molar-refractivity contribution in [2.24, 2.45) is 5.73 Å². The van der Waals surface area contributed by atoms with Crippen molar-refractivity contribution < 1.29 is 22.7 Å². The van der Waals surface area contributed by atoms with Gasteiger partial charge in [-0.05, 0) is 56.8 Å². The molecule has 1 aliphatic carbocycles. The molecule has 0 spiro atoms. The summed E-state index contributed by atoms with van der Waals surface area (Å²) in [5, 5.41) is 4.37. The van der Waals surface area contributed by atoms with Crippen molar-refractivity contribution in [1.29, 1.82) is 0 Å². The molecule has 4 heterocycles. The number of nitrogens with two attached hydrogens (primary N) is 1. The third kappa shape index (κ3) is 4.80. The van der Waals surface area contributed by atoms with Crippen LogP contribution in [0.2, 0.25) is 0 Å². The molecule has 5 rings (SSSR count). The Kier molecular flexibility index (Phi) is 6.14. The topological polar surface area (TPSA) is 146 Å². The summed E-state index contributed by atoms with van der Waals surface area (Å²) < 4.78 is 35.2. The second-order valence-electron chi connectivity index (χ2n) is 11.4. The van der Waals surface area contributed by atoms with Gasteiger partial charge >= 0.3 is 5.97 Å². The molecule has 2 aliphatic rings. The van der Waals surface area contributed by atoms with Gasteiger partial charge in [0.05, 0.1) is 21.9 Å². The fourth-order valence-corrected chi connectivity index (χ4v) is 5.93. The molecule has 0 unspecified atom stereocenters. The Morgan fingerprint density at radius 2 is 1.84 bits per heavy atom. The number of nitrogens with zero attached hydrogens (tertiary/aromatic N) is 3. The van der Waals surface area contributed by atoms with Crippen molar-refractivity contribution in [3.63, 3.8) is 0 Å². The summed E-state index contributed by atoms with van der Waals surface area (Å²) in [6.07, 6.45) is 5.27. The number of carbonyl (C=O) groups excluding carboxylic acids is 1. The molecule has 0 aromatic carbocycles. The summed E-state index contributed by atoms with van der Waals surface area (Å²) in [4.78, 5) is 26.2. The van der Waals surface area contributed by atoms with Crippen LogP contribution in [-0.2, 0) is 20.1 Å². The molecule has 1 atom stereocenters. The standard InChI is InChI=1S/C27H33N5O5S/c1-14-23-17(25(33)37-27(14,4)5)7-8-21(32-23)31-22-11-18-19(12-29-22)24(30-13-20(18)26(2,3)28)36-15-9-16(10-15)38(6,34)35/h7-8,11-16H,9-10,28H2,1-6H3,(H,29,31,32)/t14-,15-,16+/m1/s1. The lowest BCUT2D eigenvalue weighted by Crippen LogP contribution is -2.42. The Morgan fingerprint density at radius 1 is 1.13 bits per heavy atom. The molecule has 202 valence electrons. The van der Waals surface area contributed by atoms with Crippen molar-refractivity contribution in [2.75, 3.05) is 11.6 Å². The highest BCUT2D eigenvalue weighted by molar-refractivity contribution is 7.91. The normalized spacial score (nSPS) is 22.8. The quantitative estimate of drug-likeness (QED) is 0.441. The number of carbonyl (C=O) groups is 1. The first-order valence-electron chi connectivity index (χ1n) is 12.6. The summed E-state index contributed by atoms with van der Waals surface area (Å²) >= 11 is 0. The van der Waals surface area contributed by atoms with Crippen LogP contribution in [0.4, 0.5) is 11.6 Å². The smallest absolute Gasteiger partial charge is 0.340 e. The average Bonchev–Trinajstić information content (AvgIpc) is 2.77. The molecule has 3 aromatic heterocycles. The summed E-state index contributed by atoms with van der Waals surface area (Å²) in [6.45, 7) is 9.53. The fourth-order valence-electron chi connectivity index (χ4n) is 4.80. The second kappa shape index (κ2) is 8.88. The molecular formula is C27H33N5O5S. The Hall–Kier alpha value is -3.31. The van der Waals surface area contributed by atoms with Crippen molar-refractivity contribution in [1.82, 2.24) is 15.0 Å². The van der Waals surface area contributed by atoms with Crippen LogP contribution >= 0.6 is 0 Å². The highest BCUT2D eigenvalue weighted by atomic mass is 32.2. The van der Waals surface area contributed by atoms with Crippen LogP contribution in [0.5, 0.6) is 5.88 Å². The number of pyridine rings is 3. The van der Waals surface area contributed by atoms with E-state index in [2.05, 4.69) is 15.3 Å². The maximum Gasteiger partial charge on any atom is 0.340 e. The van der Waals surface area contributed by atoms with Gasteiger partial charge in [-0.2, -0.15) is 0 Å². The first-order valence-corrected chi connectivity index (χ1v) is 14.5. The lowest BCUT2D eigenvalue weighted by molar-refractivity contribution is -0.0189. The van der Waals surface area contributed by atoms with Gasteiger partial charge in [0, 0.05) is 42.9 Å². The molecule has 1 saturated carbocycles. The van der Waals surface area contributed by atoms with Gasteiger partial charge in [-0.1, -0.05) is 6.92 Å². The molecule has 0 amide bonds. The van der Waals surface area contributed by atoms with Crippen LogP contribution in [-0.4, -0.2) is 52.5 Å². The number of fused-ring (bicyclic) bond motifs is 2.